The summed E-state index contributed by atoms with van der Waals surface area (Å²) in [5.41, 5.74) is 5.97. The quantitative estimate of drug-likeness (QED) is 0.366. The molecule has 1 saturated heterocycles. The van der Waals surface area contributed by atoms with Gasteiger partial charge in [-0.3, -0.25) is 4.90 Å². The topological polar surface area (TPSA) is 59.9 Å². The van der Waals surface area contributed by atoms with E-state index in [9.17, 15) is 5.11 Å². The molecule has 0 unspecified atom stereocenters. The van der Waals surface area contributed by atoms with Crippen molar-refractivity contribution >= 4 is 11.6 Å². The number of nitrogens with zero attached hydrogens (tertiary/aromatic N) is 2. The van der Waals surface area contributed by atoms with Crippen molar-refractivity contribution in [3.05, 3.63) is 101 Å². The summed E-state index contributed by atoms with van der Waals surface area (Å²) < 4.78 is 0. The molecular formula is C28H34N4O. The van der Waals surface area contributed by atoms with Crippen LogP contribution in [0.1, 0.15) is 35.1 Å². The average Bonchev–Trinajstić information content (AvgIpc) is 2.85. The number of aliphatic hydroxyl groups is 1. The number of benzene rings is 3. The zero-order chi connectivity index (χ0) is 22.9. The van der Waals surface area contributed by atoms with Crippen LogP contribution in [0.25, 0.3) is 0 Å². The van der Waals surface area contributed by atoms with E-state index < -0.39 is 0 Å². The van der Waals surface area contributed by atoms with Crippen LogP contribution < -0.4 is 10.6 Å². The number of hydrogen-bond donors (Lipinski definition) is 3. The molecule has 172 valence electrons. The van der Waals surface area contributed by atoms with Crippen LogP contribution in [0.2, 0.25) is 0 Å². The minimum atomic E-state index is -0.125. The molecule has 0 bridgehead atoms. The van der Waals surface area contributed by atoms with Crippen molar-refractivity contribution in [1.82, 2.24) is 10.2 Å². The van der Waals surface area contributed by atoms with E-state index in [1.54, 1.807) is 0 Å². The van der Waals surface area contributed by atoms with Gasteiger partial charge in [0.05, 0.1) is 12.6 Å². The molecule has 5 heteroatoms. The van der Waals surface area contributed by atoms with Crippen molar-refractivity contribution in [2.75, 3.05) is 18.4 Å². The lowest BCUT2D eigenvalue weighted by atomic mass is 10.1. The lowest BCUT2D eigenvalue weighted by Gasteiger charge is -2.29. The van der Waals surface area contributed by atoms with Gasteiger partial charge < -0.3 is 15.7 Å². The highest BCUT2D eigenvalue weighted by Crippen LogP contribution is 2.15. The largest absolute Gasteiger partial charge is 0.393 e. The molecule has 3 aromatic rings. The van der Waals surface area contributed by atoms with E-state index in [0.717, 1.165) is 44.1 Å². The Balaban J connectivity index is 1.37. The number of piperidine rings is 1. The van der Waals surface area contributed by atoms with Gasteiger partial charge in [0, 0.05) is 31.9 Å². The van der Waals surface area contributed by atoms with Crippen molar-refractivity contribution in [3.63, 3.8) is 0 Å². The van der Waals surface area contributed by atoms with Gasteiger partial charge in [-0.2, -0.15) is 0 Å². The number of nitrogens with one attached hydrogen (secondary N) is 2. The van der Waals surface area contributed by atoms with Crippen LogP contribution in [0, 0.1) is 6.92 Å². The predicted molar refractivity (Wildman–Crippen MR) is 136 cm³/mol. The second-order valence-corrected chi connectivity index (χ2v) is 8.82. The number of aliphatic hydroxyl groups excluding tert-OH is 1. The highest BCUT2D eigenvalue weighted by molar-refractivity contribution is 5.93. The highest BCUT2D eigenvalue weighted by Gasteiger charge is 2.16. The molecule has 0 aliphatic carbocycles. The lowest BCUT2D eigenvalue weighted by Crippen LogP contribution is -2.35. The van der Waals surface area contributed by atoms with Crippen LogP contribution >= 0.6 is 0 Å². The normalized spacial score (nSPS) is 15.4. The molecule has 1 aliphatic rings. The molecule has 5 nitrogen and oxygen atoms in total. The second kappa shape index (κ2) is 11.6. The Morgan fingerprint density at radius 3 is 2.21 bits per heavy atom. The average molecular weight is 443 g/mol. The van der Waals surface area contributed by atoms with Gasteiger partial charge in [0.1, 0.15) is 0 Å². The highest BCUT2D eigenvalue weighted by atomic mass is 16.3. The van der Waals surface area contributed by atoms with Gasteiger partial charge in [-0.1, -0.05) is 72.3 Å². The number of likely N-dealkylation sites (tertiary alicyclic amines) is 1. The first-order valence-electron chi connectivity index (χ1n) is 11.8. The van der Waals surface area contributed by atoms with E-state index in [0.29, 0.717) is 13.1 Å². The summed E-state index contributed by atoms with van der Waals surface area (Å²) in [6.07, 6.45) is 1.62. The summed E-state index contributed by atoms with van der Waals surface area (Å²) in [6, 6.07) is 27.4. The third-order valence-corrected chi connectivity index (χ3v) is 6.02. The molecule has 1 fully saturated rings. The SMILES string of the molecule is Cc1ccc(CNC(=NCc2ccc(CN3CCC(O)CC3)cc2)Nc2ccccc2)cc1. The molecule has 0 amide bonds. The molecule has 33 heavy (non-hydrogen) atoms. The van der Waals surface area contributed by atoms with Crippen molar-refractivity contribution in [3.8, 4) is 0 Å². The molecule has 4 rings (SSSR count). The number of aliphatic imine (C=N–C) groups is 1. The fourth-order valence-electron chi connectivity index (χ4n) is 3.95. The first-order chi connectivity index (χ1) is 16.1. The minimum absolute atomic E-state index is 0.125. The van der Waals surface area contributed by atoms with E-state index >= 15 is 0 Å². The summed E-state index contributed by atoms with van der Waals surface area (Å²) in [4.78, 5) is 7.25. The van der Waals surface area contributed by atoms with Crippen molar-refractivity contribution in [2.24, 2.45) is 4.99 Å². The zero-order valence-electron chi connectivity index (χ0n) is 19.4. The zero-order valence-corrected chi connectivity index (χ0v) is 19.4. The van der Waals surface area contributed by atoms with E-state index in [1.807, 2.05) is 30.3 Å². The van der Waals surface area contributed by atoms with Crippen LogP contribution in [0.15, 0.2) is 83.9 Å². The summed E-state index contributed by atoms with van der Waals surface area (Å²) in [7, 11) is 0. The minimum Gasteiger partial charge on any atom is -0.393 e. The second-order valence-electron chi connectivity index (χ2n) is 8.82. The molecule has 0 aromatic heterocycles. The predicted octanol–water partition coefficient (Wildman–Crippen LogP) is 4.71. The molecule has 0 saturated carbocycles. The van der Waals surface area contributed by atoms with Crippen LogP contribution in [0.3, 0.4) is 0 Å². The maximum atomic E-state index is 9.69. The Labute approximate surface area is 197 Å². The van der Waals surface area contributed by atoms with Crippen LogP contribution in [-0.2, 0) is 19.6 Å². The molecular weight excluding hydrogens is 408 g/mol. The van der Waals surface area contributed by atoms with Crippen LogP contribution in [-0.4, -0.2) is 35.2 Å². The Bertz CT molecular complexity index is 1010. The standard InChI is InChI=1S/C28H34N4O/c1-22-7-9-23(10-8-22)19-29-28(31-26-5-3-2-4-6-26)30-20-24-11-13-25(14-12-24)21-32-17-15-27(33)16-18-32/h2-14,27,33H,15-21H2,1H3,(H2,29,30,31). The first-order valence-corrected chi connectivity index (χ1v) is 11.8. The van der Waals surface area contributed by atoms with Gasteiger partial charge in [0.15, 0.2) is 5.96 Å². The number of aryl methyl sites for hydroxylation is 1. The Kier molecular flexibility index (Phi) is 8.12. The number of anilines is 1. The molecule has 0 spiro atoms. The number of guanidine groups is 1. The molecule has 3 aromatic carbocycles. The Morgan fingerprint density at radius 1 is 0.879 bits per heavy atom. The monoisotopic (exact) mass is 442 g/mol. The van der Waals surface area contributed by atoms with Crippen LogP contribution in [0.5, 0.6) is 0 Å². The maximum absolute atomic E-state index is 9.69. The third kappa shape index (κ3) is 7.45. The maximum Gasteiger partial charge on any atom is 0.196 e. The van der Waals surface area contributed by atoms with Gasteiger partial charge in [-0.25, -0.2) is 4.99 Å². The van der Waals surface area contributed by atoms with Gasteiger partial charge in [0.25, 0.3) is 0 Å². The molecule has 0 atom stereocenters. The van der Waals surface area contributed by atoms with Crippen molar-refractivity contribution in [1.29, 1.82) is 0 Å². The third-order valence-electron chi connectivity index (χ3n) is 6.02. The van der Waals surface area contributed by atoms with Gasteiger partial charge >= 0.3 is 0 Å². The van der Waals surface area contributed by atoms with E-state index in [4.69, 9.17) is 4.99 Å². The molecule has 0 radical (unpaired) electrons. The number of hydrogen-bond acceptors (Lipinski definition) is 3. The molecule has 3 N–H and O–H groups in total. The van der Waals surface area contributed by atoms with Crippen molar-refractivity contribution in [2.45, 2.75) is 45.5 Å². The fraction of sp³-hybridized carbons (Fsp3) is 0.321. The summed E-state index contributed by atoms with van der Waals surface area (Å²) >= 11 is 0. The fourth-order valence-corrected chi connectivity index (χ4v) is 3.95. The van der Waals surface area contributed by atoms with E-state index in [2.05, 4.69) is 71.0 Å². The smallest absolute Gasteiger partial charge is 0.196 e. The molecule has 1 heterocycles. The number of rotatable bonds is 7. The first kappa shape index (κ1) is 23.0. The van der Waals surface area contributed by atoms with Gasteiger partial charge in [-0.05, 0) is 48.6 Å². The Hall–Kier alpha value is -3.15. The lowest BCUT2D eigenvalue weighted by molar-refractivity contribution is 0.0792. The Morgan fingerprint density at radius 2 is 1.52 bits per heavy atom. The molecule has 1 aliphatic heterocycles. The van der Waals surface area contributed by atoms with E-state index in [1.165, 1.54) is 22.3 Å². The van der Waals surface area contributed by atoms with Crippen molar-refractivity contribution < 1.29 is 5.11 Å². The summed E-state index contributed by atoms with van der Waals surface area (Å²) in [5, 5.41) is 16.6. The van der Waals surface area contributed by atoms with Crippen LogP contribution in [0.4, 0.5) is 5.69 Å². The van der Waals surface area contributed by atoms with Gasteiger partial charge in [-0.15, -0.1) is 0 Å². The summed E-state index contributed by atoms with van der Waals surface area (Å²) in [6.45, 7) is 6.29. The van der Waals surface area contributed by atoms with Gasteiger partial charge in [0.2, 0.25) is 0 Å². The summed E-state index contributed by atoms with van der Waals surface area (Å²) in [5.74, 6) is 0.762. The van der Waals surface area contributed by atoms with E-state index in [-0.39, 0.29) is 6.10 Å². The number of para-hydroxylation sites is 1.